The van der Waals surface area contributed by atoms with Gasteiger partial charge in [0.2, 0.25) is 8.32 Å². The predicted octanol–water partition coefficient (Wildman–Crippen LogP) is 7.58. The summed E-state index contributed by atoms with van der Waals surface area (Å²) in [5.74, 6) is -0.552. The summed E-state index contributed by atoms with van der Waals surface area (Å²) in [6.07, 6.45) is -4.89. The molecule has 0 aromatic rings. The van der Waals surface area contributed by atoms with Gasteiger partial charge in [-0.15, -0.1) is 0 Å². The number of carbonyl (C=O) groups is 1. The normalized spacial score (nSPS) is 25.8. The maximum absolute atomic E-state index is 14.3. The van der Waals surface area contributed by atoms with Crippen LogP contribution in [0.3, 0.4) is 0 Å². The van der Waals surface area contributed by atoms with Crippen LogP contribution in [0, 0.1) is 0 Å². The summed E-state index contributed by atoms with van der Waals surface area (Å²) in [5, 5.41) is 0. The minimum atomic E-state index is -4.16. The van der Waals surface area contributed by atoms with Gasteiger partial charge >= 0.3 is 13.8 Å². The van der Waals surface area contributed by atoms with E-state index in [-0.39, 0.29) is 0 Å². The largest absolute Gasteiger partial charge is 0.518 e. The first-order valence-electron chi connectivity index (χ1n) is 14.4. The van der Waals surface area contributed by atoms with Gasteiger partial charge in [-0.2, -0.15) is 0 Å². The van der Waals surface area contributed by atoms with Crippen LogP contribution in [-0.2, 0) is 44.7 Å². The zero-order chi connectivity index (χ0) is 32.6. The third-order valence-electron chi connectivity index (χ3n) is 4.61. The first kappa shape index (κ1) is 39.7. The van der Waals surface area contributed by atoms with E-state index in [9.17, 15) is 9.36 Å². The summed E-state index contributed by atoms with van der Waals surface area (Å²) in [6.45, 7) is 35.8. The van der Waals surface area contributed by atoms with Crippen LogP contribution in [0.15, 0.2) is 0 Å². The predicted molar refractivity (Wildman–Crippen MR) is 180 cm³/mol. The molecule has 10 nitrogen and oxygen atoms in total. The van der Waals surface area contributed by atoms with E-state index in [1.54, 1.807) is 0 Å². The number of hydrogen-bond acceptors (Lipinski definition) is 10. The van der Waals surface area contributed by atoms with Crippen molar-refractivity contribution in [2.45, 2.75) is 149 Å². The fourth-order valence-corrected chi connectivity index (χ4v) is 14.5. The molecule has 0 aliphatic carbocycles. The number of phosphoric acid groups is 1. The maximum atomic E-state index is 14.3. The second-order valence-electron chi connectivity index (χ2n) is 16.5. The Hall–Kier alpha value is 0.721. The molecule has 5 atom stereocenters. The van der Waals surface area contributed by atoms with Crippen molar-refractivity contribution >= 4 is 63.7 Å². The summed E-state index contributed by atoms with van der Waals surface area (Å²) in [4.78, 5) is 13.8. The van der Waals surface area contributed by atoms with Gasteiger partial charge in [0.1, 0.15) is 18.3 Å². The zero-order valence-corrected chi connectivity index (χ0v) is 35.8. The molecule has 17 heteroatoms. The van der Waals surface area contributed by atoms with Crippen molar-refractivity contribution in [3.05, 3.63) is 0 Å². The van der Waals surface area contributed by atoms with Crippen LogP contribution in [0.5, 0.6) is 0 Å². The molecule has 244 valence electrons. The Balaban J connectivity index is 3.88. The fourth-order valence-electron chi connectivity index (χ4n) is 3.92. The lowest BCUT2D eigenvalue weighted by molar-refractivity contribution is -0.263. The van der Waals surface area contributed by atoms with Crippen molar-refractivity contribution in [3.63, 3.8) is 0 Å². The van der Waals surface area contributed by atoms with Gasteiger partial charge in [-0.05, 0) is 118 Å². The van der Waals surface area contributed by atoms with Gasteiger partial charge in [0, 0.05) is 0 Å². The molecule has 0 radical (unpaired) electrons. The van der Waals surface area contributed by atoms with Crippen LogP contribution in [0.1, 0.15) is 0 Å². The second kappa shape index (κ2) is 13.6. The van der Waals surface area contributed by atoms with Gasteiger partial charge in [-0.25, -0.2) is 4.57 Å². The van der Waals surface area contributed by atoms with Crippen molar-refractivity contribution in [1.82, 2.24) is 0 Å². The highest BCUT2D eigenvalue weighted by Gasteiger charge is 2.57. The molecule has 0 amide bonds. The summed E-state index contributed by atoms with van der Waals surface area (Å²) in [7, 11) is -18.1. The molecule has 0 aromatic carbocycles. The lowest BCUT2D eigenvalue weighted by Gasteiger charge is -2.50. The fraction of sp³-hybridized carbons (Fsp3) is 0.958. The zero-order valence-electron chi connectivity index (χ0n) is 28.9. The molecule has 0 saturated carbocycles. The smallest absolute Gasteiger partial charge is 0.457 e. The minimum absolute atomic E-state index is 0.552. The van der Waals surface area contributed by atoms with Crippen LogP contribution in [0.4, 0.5) is 0 Å². The maximum Gasteiger partial charge on any atom is 0.457 e. The van der Waals surface area contributed by atoms with Gasteiger partial charge in [0.25, 0.3) is 0 Å². The molecule has 41 heavy (non-hydrogen) atoms. The van der Waals surface area contributed by atoms with E-state index < -0.39 is 94.4 Å². The number of ether oxygens (including phenoxy) is 1. The van der Waals surface area contributed by atoms with Crippen molar-refractivity contribution in [3.8, 4) is 0 Å². The van der Waals surface area contributed by atoms with Crippen molar-refractivity contribution < 1.29 is 44.7 Å². The highest BCUT2D eigenvalue weighted by Crippen LogP contribution is 2.56. The lowest BCUT2D eigenvalue weighted by atomic mass is 9.99. The highest BCUT2D eigenvalue weighted by atomic mass is 31.2. The first-order chi connectivity index (χ1) is 17.8. The van der Waals surface area contributed by atoms with Crippen molar-refractivity contribution in [2.24, 2.45) is 0 Å². The Kier molecular flexibility index (Phi) is 13.2. The minimum Gasteiger partial charge on any atom is -0.518 e. The molecule has 1 rings (SSSR count). The number of hydrogen-bond donors (Lipinski definition) is 0. The SMILES string of the molecule is C[Si](C)(C)OC(=O)[C@H]1OC(OP(=O)(O[Si](C)(C)C)O[Si](C)(C)C)[C@H](O[Si](C)(C)C)[C@@H](O[Si](C)(C)C)[C@@H]1O[Si](C)(C)C. The van der Waals surface area contributed by atoms with Gasteiger partial charge in [0.05, 0.1) is 0 Å². The Morgan fingerprint density at radius 3 is 1.24 bits per heavy atom. The summed E-state index contributed by atoms with van der Waals surface area (Å²) in [6, 6.07) is 0. The van der Waals surface area contributed by atoms with Gasteiger partial charge in [-0.1, -0.05) is 0 Å². The molecule has 1 saturated heterocycles. The van der Waals surface area contributed by atoms with Crippen LogP contribution in [-0.4, -0.2) is 86.6 Å². The van der Waals surface area contributed by atoms with Crippen LogP contribution in [0.2, 0.25) is 118 Å². The third-order valence-corrected chi connectivity index (χ3v) is 15.0. The molecule has 1 fully saturated rings. The molecule has 0 aromatic heterocycles. The van der Waals surface area contributed by atoms with E-state index >= 15 is 0 Å². The van der Waals surface area contributed by atoms with Crippen LogP contribution in [0.25, 0.3) is 0 Å². The van der Waals surface area contributed by atoms with Crippen LogP contribution < -0.4 is 0 Å². The van der Waals surface area contributed by atoms with E-state index in [1.165, 1.54) is 0 Å². The molecule has 0 spiro atoms. The molecule has 1 aliphatic rings. The van der Waals surface area contributed by atoms with Gasteiger partial charge in [-0.3, -0.25) is 9.32 Å². The lowest BCUT2D eigenvalue weighted by Crippen LogP contribution is -2.67. The number of rotatable bonds is 14. The summed E-state index contributed by atoms with van der Waals surface area (Å²) in [5.41, 5.74) is 0. The second-order valence-corrected chi connectivity index (χ2v) is 45.3. The van der Waals surface area contributed by atoms with Gasteiger partial charge in [0.15, 0.2) is 54.0 Å². The monoisotopic (exact) mass is 706 g/mol. The molecule has 1 unspecified atom stereocenters. The Bertz CT molecular complexity index is 908. The molecule has 1 heterocycles. The molecular weight excluding hydrogens is 648 g/mol. The Morgan fingerprint density at radius 1 is 0.537 bits per heavy atom. The van der Waals surface area contributed by atoms with E-state index in [0.717, 1.165) is 0 Å². The molecule has 0 N–H and O–H groups in total. The quantitative estimate of drug-likeness (QED) is 0.133. The standard InChI is InChI=1S/C24H59O10PSi6/c1-36(2,3)29-19-20(30-37(4,5)6)22(31-38(7,8)9)24(27-21(19)23(25)32-39(10,11)12)28-35(26,33-40(13,14)15)34-41(16,17)18/h19-22,24H,1-18H3/t19-,20-,21-,22+,24?/m0/s1. The molecule has 1 aliphatic heterocycles. The average Bonchev–Trinajstić information content (AvgIpc) is 2.58. The van der Waals surface area contributed by atoms with E-state index in [4.69, 9.17) is 35.4 Å². The summed E-state index contributed by atoms with van der Waals surface area (Å²) >= 11 is 0. The topological polar surface area (TPSA) is 108 Å². The van der Waals surface area contributed by atoms with E-state index in [1.807, 2.05) is 98.2 Å². The van der Waals surface area contributed by atoms with Crippen molar-refractivity contribution in [1.29, 1.82) is 0 Å². The third kappa shape index (κ3) is 16.0. The molecular formula is C24H59O10PSi6. The molecule has 0 bridgehead atoms. The Labute approximate surface area is 256 Å². The van der Waals surface area contributed by atoms with Gasteiger partial charge < -0.3 is 30.9 Å². The number of carbonyl (C=O) groups excluding carboxylic acids is 1. The van der Waals surface area contributed by atoms with Crippen LogP contribution >= 0.6 is 7.82 Å². The first-order valence-corrected chi connectivity index (χ1v) is 36.3. The van der Waals surface area contributed by atoms with E-state index in [0.29, 0.717) is 0 Å². The van der Waals surface area contributed by atoms with E-state index in [2.05, 4.69) is 19.6 Å². The summed E-state index contributed by atoms with van der Waals surface area (Å²) < 4.78 is 65.3. The highest BCUT2D eigenvalue weighted by molar-refractivity contribution is 7.52. The van der Waals surface area contributed by atoms with Crippen molar-refractivity contribution in [2.75, 3.05) is 0 Å². The Morgan fingerprint density at radius 2 is 0.902 bits per heavy atom. The average molecular weight is 707 g/mol.